The van der Waals surface area contributed by atoms with Gasteiger partial charge in [0.1, 0.15) is 11.0 Å². The summed E-state index contributed by atoms with van der Waals surface area (Å²) < 4.78 is 68.4. The molecule has 158 valence electrons. The number of nitrogens with two attached hydrogens (primary N) is 1. The van der Waals surface area contributed by atoms with Gasteiger partial charge in [0, 0.05) is 10.0 Å². The molecule has 0 fully saturated rings. The first kappa shape index (κ1) is 23.7. The van der Waals surface area contributed by atoms with Gasteiger partial charge in [-0.15, -0.1) is 0 Å². The van der Waals surface area contributed by atoms with Crippen molar-refractivity contribution < 1.29 is 31.1 Å². The molecular weight excluding hydrogens is 497 g/mol. The van der Waals surface area contributed by atoms with Crippen LogP contribution >= 0.6 is 15.9 Å². The maximum absolute atomic E-state index is 12.5. The van der Waals surface area contributed by atoms with Crippen LogP contribution in [-0.2, 0) is 33.3 Å². The quantitative estimate of drug-likeness (QED) is 0.529. The number of carbonyl (C=O) groups is 1. The highest BCUT2D eigenvalue weighted by Gasteiger charge is 2.26. The lowest BCUT2D eigenvalue weighted by Crippen LogP contribution is -2.27. The molecular formula is C17H16BrF3N2O4S2. The predicted molar refractivity (Wildman–Crippen MR) is 105 cm³/mol. The van der Waals surface area contributed by atoms with Crippen LogP contribution in [-0.4, -0.2) is 27.1 Å². The monoisotopic (exact) mass is 512 g/mol. The van der Waals surface area contributed by atoms with Crippen LogP contribution in [0.1, 0.15) is 22.3 Å². The number of benzene rings is 2. The Labute approximate surface area is 178 Å². The number of hydrogen-bond donors (Lipinski definition) is 2. The summed E-state index contributed by atoms with van der Waals surface area (Å²) in [6, 6.07) is 10.4. The first-order chi connectivity index (χ1) is 13.6. The predicted octanol–water partition coefficient (Wildman–Crippen LogP) is 3.35. The van der Waals surface area contributed by atoms with Crippen LogP contribution in [0.5, 0.6) is 0 Å². The molecule has 0 aliphatic carbocycles. The Hall–Kier alpha value is -1.60. The molecule has 2 aromatic carbocycles. The second-order valence-corrected chi connectivity index (χ2v) is 8.74. The minimum atomic E-state index is -4.31. The summed E-state index contributed by atoms with van der Waals surface area (Å²) in [7, 11) is -3.90. The number of nitrogens with one attached hydrogen (secondary N) is 1. The standard InChI is InChI=1S/C17H16BrF3N2O4S2/c18-13-6-5-11(9-12(13)10-27-8-7-17(19,20)21)16(24)23-29(26)15-4-2-1-3-14(15)28(22)25/h1-6,9H,7-8,10,22H2,(H,23,24). The number of rotatable bonds is 8. The Morgan fingerprint density at radius 1 is 1.14 bits per heavy atom. The minimum Gasteiger partial charge on any atom is -0.376 e. The Morgan fingerprint density at radius 2 is 1.79 bits per heavy atom. The van der Waals surface area contributed by atoms with E-state index in [1.54, 1.807) is 12.1 Å². The topological polar surface area (TPSA) is 98.5 Å². The molecule has 2 aromatic rings. The van der Waals surface area contributed by atoms with Gasteiger partial charge < -0.3 is 4.74 Å². The van der Waals surface area contributed by atoms with E-state index in [1.165, 1.54) is 30.3 Å². The molecule has 29 heavy (non-hydrogen) atoms. The van der Waals surface area contributed by atoms with Gasteiger partial charge in [0.15, 0.2) is 11.0 Å². The van der Waals surface area contributed by atoms with Crippen LogP contribution in [0.4, 0.5) is 13.2 Å². The van der Waals surface area contributed by atoms with Crippen molar-refractivity contribution in [3.63, 3.8) is 0 Å². The molecule has 1 amide bonds. The first-order valence-electron chi connectivity index (χ1n) is 7.99. The van der Waals surface area contributed by atoms with Crippen LogP contribution in [0.15, 0.2) is 56.7 Å². The summed E-state index contributed by atoms with van der Waals surface area (Å²) in [6.45, 7) is -0.654. The first-order valence-corrected chi connectivity index (χ1v) is 11.1. The summed E-state index contributed by atoms with van der Waals surface area (Å²) in [6.07, 6.45) is -5.39. The lowest BCUT2D eigenvalue weighted by molar-refractivity contribution is -0.146. The molecule has 6 nitrogen and oxygen atoms in total. The zero-order valence-corrected chi connectivity index (χ0v) is 17.9. The second kappa shape index (κ2) is 10.4. The van der Waals surface area contributed by atoms with E-state index in [2.05, 4.69) is 20.7 Å². The molecule has 0 spiro atoms. The van der Waals surface area contributed by atoms with Crippen LogP contribution < -0.4 is 9.86 Å². The third-order valence-corrected chi connectivity index (χ3v) is 6.36. The fourth-order valence-electron chi connectivity index (χ4n) is 2.16. The van der Waals surface area contributed by atoms with Gasteiger partial charge in [0.2, 0.25) is 0 Å². The summed E-state index contributed by atoms with van der Waals surface area (Å²) in [5, 5.41) is 5.35. The van der Waals surface area contributed by atoms with Gasteiger partial charge in [0.05, 0.1) is 29.4 Å². The summed E-state index contributed by atoms with van der Waals surface area (Å²) in [4.78, 5) is 12.7. The number of ether oxygens (including phenoxy) is 1. The minimum absolute atomic E-state index is 0.106. The summed E-state index contributed by atoms with van der Waals surface area (Å²) >= 11 is 3.24. The zero-order valence-electron chi connectivity index (χ0n) is 14.7. The van der Waals surface area contributed by atoms with Crippen LogP contribution in [0.25, 0.3) is 0 Å². The zero-order chi connectivity index (χ0) is 21.6. The Bertz CT molecular complexity index is 941. The van der Waals surface area contributed by atoms with E-state index in [4.69, 9.17) is 9.88 Å². The summed E-state index contributed by atoms with van der Waals surface area (Å²) in [5.41, 5.74) is 0.580. The smallest absolute Gasteiger partial charge is 0.376 e. The van der Waals surface area contributed by atoms with Gasteiger partial charge >= 0.3 is 6.18 Å². The van der Waals surface area contributed by atoms with E-state index in [0.29, 0.717) is 10.0 Å². The van der Waals surface area contributed by atoms with Crippen molar-refractivity contribution in [3.05, 3.63) is 58.1 Å². The summed E-state index contributed by atoms with van der Waals surface area (Å²) in [5.74, 6) is -0.690. The molecule has 2 unspecified atom stereocenters. The molecule has 0 aromatic heterocycles. The molecule has 12 heteroatoms. The molecule has 0 bridgehead atoms. The van der Waals surface area contributed by atoms with Crippen LogP contribution in [0, 0.1) is 0 Å². The normalized spacial score (nSPS) is 13.7. The maximum Gasteiger partial charge on any atom is 0.391 e. The van der Waals surface area contributed by atoms with Crippen molar-refractivity contribution in [1.82, 2.24) is 4.72 Å². The van der Waals surface area contributed by atoms with Crippen molar-refractivity contribution in [2.75, 3.05) is 6.61 Å². The van der Waals surface area contributed by atoms with Crippen molar-refractivity contribution >= 4 is 43.8 Å². The molecule has 0 radical (unpaired) electrons. The molecule has 0 saturated carbocycles. The SMILES string of the molecule is NS(=O)c1ccccc1S(=O)NC(=O)c1ccc(Br)c(COCCC(F)(F)F)c1. The average molecular weight is 513 g/mol. The fraction of sp³-hybridized carbons (Fsp3) is 0.235. The average Bonchev–Trinajstić information content (AvgIpc) is 2.65. The number of amides is 1. The Balaban J connectivity index is 2.08. The van der Waals surface area contributed by atoms with E-state index in [1.807, 2.05) is 0 Å². The molecule has 0 aliphatic rings. The second-order valence-electron chi connectivity index (χ2n) is 5.67. The van der Waals surface area contributed by atoms with Gasteiger partial charge in [-0.05, 0) is 35.9 Å². The van der Waals surface area contributed by atoms with Gasteiger partial charge in [-0.25, -0.2) is 13.6 Å². The van der Waals surface area contributed by atoms with Crippen molar-refractivity contribution in [2.45, 2.75) is 29.0 Å². The van der Waals surface area contributed by atoms with Gasteiger partial charge in [-0.1, -0.05) is 28.1 Å². The van der Waals surface area contributed by atoms with E-state index in [9.17, 15) is 26.4 Å². The molecule has 3 N–H and O–H groups in total. The third kappa shape index (κ3) is 7.30. The van der Waals surface area contributed by atoms with Gasteiger partial charge in [-0.2, -0.15) is 13.2 Å². The fourth-order valence-corrected chi connectivity index (χ4v) is 4.33. The van der Waals surface area contributed by atoms with E-state index in [0.717, 1.165) is 0 Å². The highest BCUT2D eigenvalue weighted by molar-refractivity contribution is 9.10. The number of hydrogen-bond acceptors (Lipinski definition) is 4. The van der Waals surface area contributed by atoms with Crippen LogP contribution in [0.3, 0.4) is 0 Å². The van der Waals surface area contributed by atoms with E-state index in [-0.39, 0.29) is 22.0 Å². The Morgan fingerprint density at radius 3 is 2.41 bits per heavy atom. The number of alkyl halides is 3. The van der Waals surface area contributed by atoms with Gasteiger partial charge in [-0.3, -0.25) is 9.52 Å². The third-order valence-electron chi connectivity index (χ3n) is 3.55. The molecule has 0 heterocycles. The Kier molecular flexibility index (Phi) is 8.52. The molecule has 2 atom stereocenters. The largest absolute Gasteiger partial charge is 0.391 e. The van der Waals surface area contributed by atoms with Gasteiger partial charge in [0.25, 0.3) is 5.91 Å². The van der Waals surface area contributed by atoms with Crippen molar-refractivity contribution in [1.29, 1.82) is 0 Å². The highest BCUT2D eigenvalue weighted by atomic mass is 79.9. The highest BCUT2D eigenvalue weighted by Crippen LogP contribution is 2.22. The lowest BCUT2D eigenvalue weighted by Gasteiger charge is -2.11. The number of carbonyl (C=O) groups excluding carboxylic acids is 1. The van der Waals surface area contributed by atoms with Crippen molar-refractivity contribution in [2.24, 2.45) is 5.14 Å². The molecule has 2 rings (SSSR count). The molecule has 0 saturated heterocycles. The van der Waals surface area contributed by atoms with E-state index >= 15 is 0 Å². The van der Waals surface area contributed by atoms with Crippen LogP contribution in [0.2, 0.25) is 0 Å². The van der Waals surface area contributed by atoms with Crippen molar-refractivity contribution in [3.8, 4) is 0 Å². The van der Waals surface area contributed by atoms with E-state index < -0.39 is 47.1 Å². The molecule has 0 aliphatic heterocycles. The maximum atomic E-state index is 12.5. The lowest BCUT2D eigenvalue weighted by atomic mass is 10.1. The number of halogens is 4.